The Hall–Kier alpha value is -2.93. The number of nitrogens with one attached hydrogen (secondary N) is 1. The number of fused-ring (bicyclic) bond motifs is 1. The summed E-state index contributed by atoms with van der Waals surface area (Å²) in [7, 11) is 0. The second-order valence-electron chi connectivity index (χ2n) is 6.65. The van der Waals surface area contributed by atoms with Gasteiger partial charge in [0.2, 0.25) is 0 Å². The fourth-order valence-electron chi connectivity index (χ4n) is 3.26. The monoisotopic (exact) mass is 365 g/mol. The normalized spacial score (nSPS) is 14.5. The first-order valence-electron chi connectivity index (χ1n) is 9.24. The van der Waals surface area contributed by atoms with Crippen LogP contribution in [0.2, 0.25) is 0 Å². The maximum atomic E-state index is 12.8. The van der Waals surface area contributed by atoms with Gasteiger partial charge in [-0.15, -0.1) is 0 Å². The Morgan fingerprint density at radius 1 is 1.22 bits per heavy atom. The summed E-state index contributed by atoms with van der Waals surface area (Å²) in [6, 6.07) is 9.87. The minimum Gasteiger partial charge on any atom is -0.378 e. The summed E-state index contributed by atoms with van der Waals surface area (Å²) >= 11 is 0. The Kier molecular flexibility index (Phi) is 4.77. The Labute approximate surface area is 158 Å². The van der Waals surface area contributed by atoms with E-state index in [1.807, 2.05) is 37.3 Å². The van der Waals surface area contributed by atoms with Crippen molar-refractivity contribution in [3.05, 3.63) is 53.3 Å². The minimum atomic E-state index is -0.208. The molecule has 1 fully saturated rings. The summed E-state index contributed by atoms with van der Waals surface area (Å²) in [5, 5.41) is 7.38. The van der Waals surface area contributed by atoms with E-state index in [4.69, 9.17) is 4.74 Å². The number of anilines is 2. The van der Waals surface area contributed by atoms with Crippen LogP contribution in [0.15, 0.2) is 36.5 Å². The van der Waals surface area contributed by atoms with Gasteiger partial charge in [-0.3, -0.25) is 4.79 Å². The van der Waals surface area contributed by atoms with Crippen molar-refractivity contribution in [2.45, 2.75) is 20.3 Å². The smallest absolute Gasteiger partial charge is 0.261 e. The lowest BCUT2D eigenvalue weighted by Gasteiger charge is -2.29. The van der Waals surface area contributed by atoms with Crippen LogP contribution in [0, 0.1) is 6.92 Å². The molecular weight excluding hydrogens is 342 g/mol. The first-order chi connectivity index (χ1) is 13.2. The topological polar surface area (TPSA) is 71.8 Å². The maximum absolute atomic E-state index is 12.8. The number of aromatic nitrogens is 3. The van der Waals surface area contributed by atoms with Gasteiger partial charge in [0, 0.05) is 30.5 Å². The van der Waals surface area contributed by atoms with Crippen LogP contribution in [0.4, 0.5) is 11.5 Å². The van der Waals surface area contributed by atoms with Crippen LogP contribution in [0.3, 0.4) is 0 Å². The lowest BCUT2D eigenvalue weighted by atomic mass is 10.1. The molecule has 1 aliphatic rings. The third-order valence-corrected chi connectivity index (χ3v) is 4.78. The number of carbonyl (C=O) groups is 1. The molecule has 7 nitrogen and oxygen atoms in total. The van der Waals surface area contributed by atoms with Gasteiger partial charge in [-0.05, 0) is 31.0 Å². The first kappa shape index (κ1) is 17.5. The average Bonchev–Trinajstić information content (AvgIpc) is 3.12. The number of hydrogen-bond acceptors (Lipinski definition) is 5. The molecule has 1 aromatic carbocycles. The summed E-state index contributed by atoms with van der Waals surface area (Å²) in [4.78, 5) is 19.6. The maximum Gasteiger partial charge on any atom is 0.261 e. The van der Waals surface area contributed by atoms with E-state index in [2.05, 4.69) is 27.2 Å². The highest BCUT2D eigenvalue weighted by Crippen LogP contribution is 2.21. The molecule has 3 heterocycles. The van der Waals surface area contributed by atoms with E-state index in [0.29, 0.717) is 24.4 Å². The second kappa shape index (κ2) is 7.36. The highest BCUT2D eigenvalue weighted by molar-refractivity contribution is 6.08. The van der Waals surface area contributed by atoms with Gasteiger partial charge in [0.1, 0.15) is 11.4 Å². The van der Waals surface area contributed by atoms with Gasteiger partial charge in [0.15, 0.2) is 5.65 Å². The lowest BCUT2D eigenvalue weighted by Crippen LogP contribution is -2.37. The molecule has 0 atom stereocenters. The molecule has 0 saturated carbocycles. The third-order valence-electron chi connectivity index (χ3n) is 4.78. The van der Waals surface area contributed by atoms with Crippen molar-refractivity contribution in [1.82, 2.24) is 14.6 Å². The number of benzene rings is 1. The standard InChI is InChI=1S/C20H23N5O2/c1-3-15-4-6-16(7-5-15)23-20(26)17-13-21-25-18(12-14(2)22-19(17)25)24-8-10-27-11-9-24/h4-7,12-13H,3,8-11H2,1-2H3,(H,23,26). The summed E-state index contributed by atoms with van der Waals surface area (Å²) in [5.41, 5.74) is 3.88. The van der Waals surface area contributed by atoms with Gasteiger partial charge in [-0.1, -0.05) is 19.1 Å². The largest absolute Gasteiger partial charge is 0.378 e. The van der Waals surface area contributed by atoms with E-state index < -0.39 is 0 Å². The van der Waals surface area contributed by atoms with Crippen molar-refractivity contribution in [1.29, 1.82) is 0 Å². The summed E-state index contributed by atoms with van der Waals surface area (Å²) in [5.74, 6) is 0.729. The fraction of sp³-hybridized carbons (Fsp3) is 0.350. The van der Waals surface area contributed by atoms with Crippen LogP contribution in [0.1, 0.15) is 28.5 Å². The predicted octanol–water partition coefficient (Wildman–Crippen LogP) is 2.69. The zero-order valence-corrected chi connectivity index (χ0v) is 15.6. The highest BCUT2D eigenvalue weighted by Gasteiger charge is 2.20. The van der Waals surface area contributed by atoms with Crippen molar-refractivity contribution in [3.63, 3.8) is 0 Å². The fourth-order valence-corrected chi connectivity index (χ4v) is 3.26. The van der Waals surface area contributed by atoms with Gasteiger partial charge in [0.05, 0.1) is 19.4 Å². The predicted molar refractivity (Wildman–Crippen MR) is 105 cm³/mol. The van der Waals surface area contributed by atoms with E-state index in [1.165, 1.54) is 5.56 Å². The van der Waals surface area contributed by atoms with Crippen LogP contribution in [-0.2, 0) is 11.2 Å². The molecule has 0 bridgehead atoms. The van der Waals surface area contributed by atoms with Gasteiger partial charge < -0.3 is 15.0 Å². The molecule has 140 valence electrons. The van der Waals surface area contributed by atoms with Gasteiger partial charge in [0.25, 0.3) is 5.91 Å². The summed E-state index contributed by atoms with van der Waals surface area (Å²) in [6.45, 7) is 7.00. The van der Waals surface area contributed by atoms with Gasteiger partial charge >= 0.3 is 0 Å². The van der Waals surface area contributed by atoms with E-state index in [-0.39, 0.29) is 5.91 Å². The highest BCUT2D eigenvalue weighted by atomic mass is 16.5. The zero-order valence-electron chi connectivity index (χ0n) is 15.6. The summed E-state index contributed by atoms with van der Waals surface area (Å²) < 4.78 is 7.18. The molecule has 27 heavy (non-hydrogen) atoms. The number of carbonyl (C=O) groups excluding carboxylic acids is 1. The number of rotatable bonds is 4. The number of nitrogens with zero attached hydrogens (tertiary/aromatic N) is 4. The van der Waals surface area contributed by atoms with Crippen LogP contribution in [0.5, 0.6) is 0 Å². The Bertz CT molecular complexity index is 958. The molecule has 0 spiro atoms. The molecule has 1 aliphatic heterocycles. The Morgan fingerprint density at radius 2 is 1.96 bits per heavy atom. The molecule has 7 heteroatoms. The third kappa shape index (κ3) is 3.50. The number of morpholine rings is 1. The van der Waals surface area contributed by atoms with Crippen molar-refractivity contribution < 1.29 is 9.53 Å². The van der Waals surface area contributed by atoms with Gasteiger partial charge in [-0.2, -0.15) is 9.61 Å². The number of amides is 1. The van der Waals surface area contributed by atoms with E-state index in [0.717, 1.165) is 36.7 Å². The number of ether oxygens (including phenoxy) is 1. The molecule has 1 amide bonds. The summed E-state index contributed by atoms with van der Waals surface area (Å²) in [6.07, 6.45) is 2.55. The molecule has 3 aromatic rings. The molecular formula is C20H23N5O2. The number of aryl methyl sites for hydroxylation is 2. The average molecular weight is 365 g/mol. The molecule has 1 N–H and O–H groups in total. The van der Waals surface area contributed by atoms with E-state index in [1.54, 1.807) is 10.7 Å². The van der Waals surface area contributed by atoms with Crippen LogP contribution < -0.4 is 10.2 Å². The van der Waals surface area contributed by atoms with Crippen molar-refractivity contribution in [3.8, 4) is 0 Å². The zero-order chi connectivity index (χ0) is 18.8. The van der Waals surface area contributed by atoms with Crippen LogP contribution in [-0.4, -0.2) is 46.8 Å². The SMILES string of the molecule is CCc1ccc(NC(=O)c2cnn3c(N4CCOCC4)cc(C)nc23)cc1. The molecule has 2 aromatic heterocycles. The van der Waals surface area contributed by atoms with Crippen molar-refractivity contribution in [2.24, 2.45) is 0 Å². The van der Waals surface area contributed by atoms with Gasteiger partial charge in [-0.25, -0.2) is 4.98 Å². The van der Waals surface area contributed by atoms with E-state index >= 15 is 0 Å². The molecule has 0 aliphatic carbocycles. The van der Waals surface area contributed by atoms with Crippen LogP contribution >= 0.6 is 0 Å². The molecule has 1 saturated heterocycles. The molecule has 0 radical (unpaired) electrons. The minimum absolute atomic E-state index is 0.208. The van der Waals surface area contributed by atoms with Crippen LogP contribution in [0.25, 0.3) is 5.65 Å². The van der Waals surface area contributed by atoms with E-state index in [9.17, 15) is 4.79 Å². The molecule has 0 unspecified atom stereocenters. The first-order valence-corrected chi connectivity index (χ1v) is 9.24. The number of hydrogen-bond donors (Lipinski definition) is 1. The Morgan fingerprint density at radius 3 is 2.67 bits per heavy atom. The lowest BCUT2D eigenvalue weighted by molar-refractivity contribution is 0.102. The van der Waals surface area contributed by atoms with Crippen molar-refractivity contribution >= 4 is 23.1 Å². The molecule has 4 rings (SSSR count). The Balaban J connectivity index is 1.65. The quantitative estimate of drug-likeness (QED) is 0.770. The van der Waals surface area contributed by atoms with Crippen molar-refractivity contribution in [2.75, 3.05) is 36.5 Å². The second-order valence-corrected chi connectivity index (χ2v) is 6.65.